The Labute approximate surface area is 123 Å². The van der Waals surface area contributed by atoms with Gasteiger partial charge in [0.05, 0.1) is 18.0 Å². The first-order valence-corrected chi connectivity index (χ1v) is 6.16. The Bertz CT molecular complexity index is 627. The van der Waals surface area contributed by atoms with Crippen LogP contribution in [0.25, 0.3) is 0 Å². The van der Waals surface area contributed by atoms with Crippen LogP contribution in [0.2, 0.25) is 5.15 Å². The maximum atomic E-state index is 12.4. The number of halogens is 4. The van der Waals surface area contributed by atoms with Gasteiger partial charge in [-0.3, -0.25) is 4.79 Å². The molecule has 0 unspecified atom stereocenters. The Hall–Kier alpha value is -2.15. The molecule has 0 saturated heterocycles. The molecule has 0 saturated carbocycles. The van der Waals surface area contributed by atoms with Gasteiger partial charge in [-0.15, -0.1) is 0 Å². The molecule has 110 valence electrons. The van der Waals surface area contributed by atoms with Crippen molar-refractivity contribution in [2.75, 3.05) is 0 Å². The zero-order chi connectivity index (χ0) is 15.5. The molecule has 2 rings (SSSR count). The molecule has 4 nitrogen and oxygen atoms in total. The third-order valence-corrected chi connectivity index (χ3v) is 2.78. The molecule has 21 heavy (non-hydrogen) atoms. The topological polar surface area (TPSA) is 54.9 Å². The van der Waals surface area contributed by atoms with E-state index in [1.807, 2.05) is 0 Å². The highest BCUT2D eigenvalue weighted by atomic mass is 35.5. The van der Waals surface area contributed by atoms with Crippen LogP contribution in [0.15, 0.2) is 36.7 Å². The summed E-state index contributed by atoms with van der Waals surface area (Å²) in [6.45, 7) is 0.0846. The van der Waals surface area contributed by atoms with Gasteiger partial charge >= 0.3 is 6.18 Å². The average molecular weight is 316 g/mol. The fraction of sp³-hybridized carbons (Fsp3) is 0.154. The standard InChI is InChI=1S/C13H9ClF3N3O/c14-11-7-18-10(6-19-11)12(21)20-5-8-1-3-9(4-2-8)13(15,16)17/h1-4,6-7H,5H2,(H,20,21). The summed E-state index contributed by atoms with van der Waals surface area (Å²) in [5, 5.41) is 2.69. The number of carbonyl (C=O) groups is 1. The lowest BCUT2D eigenvalue weighted by Crippen LogP contribution is -2.24. The predicted octanol–water partition coefficient (Wildman–Crippen LogP) is 3.08. The fourth-order valence-electron chi connectivity index (χ4n) is 1.51. The SMILES string of the molecule is O=C(NCc1ccc(C(F)(F)F)cc1)c1cnc(Cl)cn1. The van der Waals surface area contributed by atoms with E-state index in [1.165, 1.54) is 24.5 Å². The number of hydrogen-bond donors (Lipinski definition) is 1. The van der Waals surface area contributed by atoms with Crippen LogP contribution in [0.5, 0.6) is 0 Å². The van der Waals surface area contributed by atoms with Gasteiger partial charge in [0.15, 0.2) is 0 Å². The van der Waals surface area contributed by atoms with Crippen LogP contribution in [0.4, 0.5) is 13.2 Å². The minimum absolute atomic E-state index is 0.0753. The number of alkyl halides is 3. The quantitative estimate of drug-likeness (QED) is 0.947. The first kappa shape index (κ1) is 15.2. The minimum Gasteiger partial charge on any atom is -0.347 e. The summed E-state index contributed by atoms with van der Waals surface area (Å²) in [4.78, 5) is 19.2. The maximum absolute atomic E-state index is 12.4. The Morgan fingerprint density at radius 1 is 1.14 bits per heavy atom. The normalized spacial score (nSPS) is 11.2. The van der Waals surface area contributed by atoms with Crippen molar-refractivity contribution in [2.45, 2.75) is 12.7 Å². The molecule has 1 heterocycles. The zero-order valence-corrected chi connectivity index (χ0v) is 11.2. The van der Waals surface area contributed by atoms with Crippen LogP contribution in [0, 0.1) is 0 Å². The van der Waals surface area contributed by atoms with Crippen molar-refractivity contribution in [2.24, 2.45) is 0 Å². The molecule has 1 N–H and O–H groups in total. The highest BCUT2D eigenvalue weighted by molar-refractivity contribution is 6.29. The lowest BCUT2D eigenvalue weighted by atomic mass is 10.1. The second kappa shape index (κ2) is 6.09. The van der Waals surface area contributed by atoms with Gasteiger partial charge < -0.3 is 5.32 Å². The second-order valence-electron chi connectivity index (χ2n) is 4.10. The van der Waals surface area contributed by atoms with Gasteiger partial charge in [0.25, 0.3) is 5.91 Å². The molecule has 0 spiro atoms. The third-order valence-electron chi connectivity index (χ3n) is 2.59. The molecule has 0 fully saturated rings. The summed E-state index contributed by atoms with van der Waals surface area (Å²) in [6.07, 6.45) is -1.93. The number of amides is 1. The number of rotatable bonds is 3. The van der Waals surface area contributed by atoms with Gasteiger partial charge in [-0.25, -0.2) is 9.97 Å². The lowest BCUT2D eigenvalue weighted by molar-refractivity contribution is -0.137. The molecule has 0 radical (unpaired) electrons. The van der Waals surface area contributed by atoms with E-state index in [9.17, 15) is 18.0 Å². The number of aromatic nitrogens is 2. The van der Waals surface area contributed by atoms with E-state index in [2.05, 4.69) is 15.3 Å². The third kappa shape index (κ3) is 4.16. The van der Waals surface area contributed by atoms with Crippen LogP contribution in [-0.2, 0) is 12.7 Å². The van der Waals surface area contributed by atoms with Crippen LogP contribution in [-0.4, -0.2) is 15.9 Å². The molecule has 8 heteroatoms. The van der Waals surface area contributed by atoms with E-state index in [-0.39, 0.29) is 17.4 Å². The highest BCUT2D eigenvalue weighted by Crippen LogP contribution is 2.29. The van der Waals surface area contributed by atoms with Crippen molar-refractivity contribution in [1.82, 2.24) is 15.3 Å². The van der Waals surface area contributed by atoms with Gasteiger partial charge in [-0.2, -0.15) is 13.2 Å². The summed E-state index contributed by atoms with van der Waals surface area (Å²) in [5.74, 6) is -0.487. The largest absolute Gasteiger partial charge is 0.416 e. The van der Waals surface area contributed by atoms with Gasteiger partial charge in [-0.1, -0.05) is 23.7 Å². The molecular weight excluding hydrogens is 307 g/mol. The first-order chi connectivity index (χ1) is 9.86. The zero-order valence-electron chi connectivity index (χ0n) is 10.5. The smallest absolute Gasteiger partial charge is 0.347 e. The van der Waals surface area contributed by atoms with Crippen molar-refractivity contribution in [3.05, 3.63) is 58.6 Å². The molecule has 2 aromatic rings. The molecule has 0 atom stereocenters. The van der Waals surface area contributed by atoms with E-state index < -0.39 is 17.6 Å². The summed E-state index contributed by atoms with van der Waals surface area (Å²) in [6, 6.07) is 4.53. The monoisotopic (exact) mass is 315 g/mol. The van der Waals surface area contributed by atoms with E-state index in [4.69, 9.17) is 11.6 Å². The Kier molecular flexibility index (Phi) is 4.42. The number of nitrogens with zero attached hydrogens (tertiary/aromatic N) is 2. The van der Waals surface area contributed by atoms with Gasteiger partial charge in [-0.05, 0) is 17.7 Å². The molecule has 0 aliphatic heterocycles. The molecular formula is C13H9ClF3N3O. The Morgan fingerprint density at radius 2 is 1.81 bits per heavy atom. The van der Waals surface area contributed by atoms with Gasteiger partial charge in [0.1, 0.15) is 10.8 Å². The van der Waals surface area contributed by atoms with E-state index in [1.54, 1.807) is 0 Å². The van der Waals surface area contributed by atoms with Crippen LogP contribution in [0.1, 0.15) is 21.6 Å². The fourth-order valence-corrected chi connectivity index (χ4v) is 1.61. The van der Waals surface area contributed by atoms with Crippen LogP contribution >= 0.6 is 11.6 Å². The van der Waals surface area contributed by atoms with Crippen LogP contribution in [0.3, 0.4) is 0 Å². The predicted molar refractivity (Wildman–Crippen MR) is 69.7 cm³/mol. The van der Waals surface area contributed by atoms with Crippen molar-refractivity contribution in [3.8, 4) is 0 Å². The van der Waals surface area contributed by atoms with Crippen LogP contribution < -0.4 is 5.32 Å². The van der Waals surface area contributed by atoms with E-state index in [0.29, 0.717) is 5.56 Å². The number of nitrogens with one attached hydrogen (secondary N) is 1. The maximum Gasteiger partial charge on any atom is 0.416 e. The molecule has 0 bridgehead atoms. The Balaban J connectivity index is 1.97. The van der Waals surface area contributed by atoms with Crippen molar-refractivity contribution in [1.29, 1.82) is 0 Å². The van der Waals surface area contributed by atoms with E-state index in [0.717, 1.165) is 12.1 Å². The second-order valence-corrected chi connectivity index (χ2v) is 4.49. The molecule has 1 aromatic heterocycles. The van der Waals surface area contributed by atoms with Crippen molar-refractivity contribution >= 4 is 17.5 Å². The molecule has 0 aliphatic carbocycles. The van der Waals surface area contributed by atoms with Gasteiger partial charge in [0, 0.05) is 6.54 Å². The summed E-state index contributed by atoms with van der Waals surface area (Å²) >= 11 is 5.54. The Morgan fingerprint density at radius 3 is 2.33 bits per heavy atom. The number of hydrogen-bond acceptors (Lipinski definition) is 3. The number of carbonyl (C=O) groups excluding carboxylic acids is 1. The summed E-state index contributed by atoms with van der Waals surface area (Å²) in [7, 11) is 0. The van der Waals surface area contributed by atoms with Crippen molar-refractivity contribution < 1.29 is 18.0 Å². The van der Waals surface area contributed by atoms with Gasteiger partial charge in [0.2, 0.25) is 0 Å². The molecule has 1 aromatic carbocycles. The van der Waals surface area contributed by atoms with E-state index >= 15 is 0 Å². The average Bonchev–Trinajstić information content (AvgIpc) is 2.45. The highest BCUT2D eigenvalue weighted by Gasteiger charge is 2.29. The molecule has 1 amide bonds. The summed E-state index contributed by atoms with van der Waals surface area (Å²) < 4.78 is 37.2. The first-order valence-electron chi connectivity index (χ1n) is 5.78. The summed E-state index contributed by atoms with van der Waals surface area (Å²) in [5.41, 5.74) is -0.120. The molecule has 0 aliphatic rings. The number of benzene rings is 1. The minimum atomic E-state index is -4.37. The van der Waals surface area contributed by atoms with Crippen molar-refractivity contribution in [3.63, 3.8) is 0 Å². The lowest BCUT2D eigenvalue weighted by Gasteiger charge is -2.08.